The molecule has 0 fully saturated rings. The molecule has 1 atom stereocenters. The second-order valence-electron chi connectivity index (χ2n) is 4.64. The topological polar surface area (TPSA) is 38.3 Å². The minimum atomic E-state index is -0.136. The molecule has 0 aliphatic rings. The maximum absolute atomic E-state index is 11.4. The van der Waals surface area contributed by atoms with Gasteiger partial charge in [0.05, 0.1) is 13.2 Å². The Morgan fingerprint density at radius 2 is 2.00 bits per heavy atom. The fraction of sp³-hybridized carbons (Fsp3) is 0.923. The summed E-state index contributed by atoms with van der Waals surface area (Å²) in [6.07, 6.45) is 4.68. The Bertz CT molecular complexity index is 181. The molecule has 0 aliphatic carbocycles. The molecule has 0 spiro atoms. The van der Waals surface area contributed by atoms with Crippen LogP contribution in [0.4, 0.5) is 0 Å². The summed E-state index contributed by atoms with van der Waals surface area (Å²) in [5, 5.41) is 3.06. The van der Waals surface area contributed by atoms with Gasteiger partial charge < -0.3 is 10.1 Å². The lowest BCUT2D eigenvalue weighted by Crippen LogP contribution is -2.31. The van der Waals surface area contributed by atoms with E-state index in [-0.39, 0.29) is 5.97 Å². The predicted octanol–water partition coefficient (Wildman–Crippen LogP) is 2.74. The number of unbranched alkanes of at least 4 members (excludes halogenated alkanes) is 1. The summed E-state index contributed by atoms with van der Waals surface area (Å²) in [6, 6.07) is 0.328. The quantitative estimate of drug-likeness (QED) is 0.618. The molecule has 0 rings (SSSR count). The first-order valence-electron chi connectivity index (χ1n) is 6.49. The molecule has 1 N–H and O–H groups in total. The van der Waals surface area contributed by atoms with Gasteiger partial charge >= 0.3 is 5.97 Å². The lowest BCUT2D eigenvalue weighted by Gasteiger charge is -2.15. The molecule has 0 bridgehead atoms. The van der Waals surface area contributed by atoms with Gasteiger partial charge in [-0.2, -0.15) is 0 Å². The van der Waals surface area contributed by atoms with Crippen LogP contribution in [0.2, 0.25) is 0 Å². The molecule has 0 saturated heterocycles. The summed E-state index contributed by atoms with van der Waals surface area (Å²) in [5.74, 6) is 0.395. The summed E-state index contributed by atoms with van der Waals surface area (Å²) in [5.41, 5.74) is 0. The van der Waals surface area contributed by atoms with Crippen molar-refractivity contribution in [1.82, 2.24) is 5.32 Å². The van der Waals surface area contributed by atoms with Crippen molar-refractivity contribution >= 4 is 5.97 Å². The van der Waals surface area contributed by atoms with Gasteiger partial charge in [-0.3, -0.25) is 4.79 Å². The van der Waals surface area contributed by atoms with Crippen LogP contribution < -0.4 is 5.32 Å². The van der Waals surface area contributed by atoms with Crippen LogP contribution in [-0.4, -0.2) is 25.2 Å². The van der Waals surface area contributed by atoms with Crippen LogP contribution >= 0.6 is 0 Å². The standard InChI is InChI=1S/C13H27NO2/c1-5-7-8-12(6-2)10-16-13(15)9-14-11(3)4/h11-12,14H,5-10H2,1-4H3. The molecule has 1 unspecified atom stereocenters. The zero-order chi connectivity index (χ0) is 12.4. The zero-order valence-electron chi connectivity index (χ0n) is 11.2. The third-order valence-electron chi connectivity index (χ3n) is 2.68. The van der Waals surface area contributed by atoms with Crippen LogP contribution in [0, 0.1) is 5.92 Å². The highest BCUT2D eigenvalue weighted by Gasteiger charge is 2.09. The van der Waals surface area contributed by atoms with Crippen molar-refractivity contribution in [3.63, 3.8) is 0 Å². The van der Waals surface area contributed by atoms with Gasteiger partial charge in [0.1, 0.15) is 0 Å². The van der Waals surface area contributed by atoms with Crippen molar-refractivity contribution in [2.75, 3.05) is 13.2 Å². The van der Waals surface area contributed by atoms with Crippen LogP contribution in [0.5, 0.6) is 0 Å². The second-order valence-corrected chi connectivity index (χ2v) is 4.64. The van der Waals surface area contributed by atoms with E-state index in [1.54, 1.807) is 0 Å². The summed E-state index contributed by atoms with van der Waals surface area (Å²) in [7, 11) is 0. The van der Waals surface area contributed by atoms with Gasteiger partial charge in [0.15, 0.2) is 0 Å². The van der Waals surface area contributed by atoms with E-state index in [1.165, 1.54) is 12.8 Å². The SMILES string of the molecule is CCCCC(CC)COC(=O)CNC(C)C. The maximum Gasteiger partial charge on any atom is 0.319 e. The highest BCUT2D eigenvalue weighted by Crippen LogP contribution is 2.12. The van der Waals surface area contributed by atoms with Crippen LogP contribution in [0.3, 0.4) is 0 Å². The molecule has 3 nitrogen and oxygen atoms in total. The number of ether oxygens (including phenoxy) is 1. The fourth-order valence-corrected chi connectivity index (χ4v) is 1.45. The Hall–Kier alpha value is -0.570. The maximum atomic E-state index is 11.4. The Morgan fingerprint density at radius 1 is 1.31 bits per heavy atom. The van der Waals surface area contributed by atoms with Crippen LogP contribution in [-0.2, 0) is 9.53 Å². The number of rotatable bonds is 9. The summed E-state index contributed by atoms with van der Waals surface area (Å²) in [4.78, 5) is 11.4. The van der Waals surface area contributed by atoms with Crippen molar-refractivity contribution in [2.45, 2.75) is 59.4 Å². The van der Waals surface area contributed by atoms with E-state index in [1.807, 2.05) is 13.8 Å². The third kappa shape index (κ3) is 8.72. The Morgan fingerprint density at radius 3 is 2.50 bits per heavy atom. The van der Waals surface area contributed by atoms with Crippen LogP contribution in [0.25, 0.3) is 0 Å². The number of carbonyl (C=O) groups excluding carboxylic acids is 1. The number of hydrogen-bond donors (Lipinski definition) is 1. The average Bonchev–Trinajstić information content (AvgIpc) is 2.26. The summed E-state index contributed by atoms with van der Waals surface area (Å²) in [6.45, 7) is 9.27. The highest BCUT2D eigenvalue weighted by atomic mass is 16.5. The van der Waals surface area contributed by atoms with Crippen molar-refractivity contribution in [3.05, 3.63) is 0 Å². The Kier molecular flexibility index (Phi) is 9.30. The van der Waals surface area contributed by atoms with E-state index >= 15 is 0 Å². The van der Waals surface area contributed by atoms with Gasteiger partial charge in [0.2, 0.25) is 0 Å². The smallest absolute Gasteiger partial charge is 0.319 e. The molecule has 0 aromatic rings. The lowest BCUT2D eigenvalue weighted by molar-refractivity contribution is -0.144. The van der Waals surface area contributed by atoms with Gasteiger partial charge in [-0.1, -0.05) is 47.0 Å². The molecule has 0 amide bonds. The van der Waals surface area contributed by atoms with Crippen molar-refractivity contribution in [1.29, 1.82) is 0 Å². The number of esters is 1. The van der Waals surface area contributed by atoms with E-state index in [9.17, 15) is 4.79 Å². The molecule has 3 heteroatoms. The fourth-order valence-electron chi connectivity index (χ4n) is 1.45. The summed E-state index contributed by atoms with van der Waals surface area (Å²) < 4.78 is 5.24. The normalized spacial score (nSPS) is 12.8. The zero-order valence-corrected chi connectivity index (χ0v) is 11.2. The van der Waals surface area contributed by atoms with Crippen molar-refractivity contribution in [3.8, 4) is 0 Å². The molecular weight excluding hydrogens is 202 g/mol. The first kappa shape index (κ1) is 15.4. The highest BCUT2D eigenvalue weighted by molar-refractivity contribution is 5.71. The van der Waals surface area contributed by atoms with Crippen molar-refractivity contribution < 1.29 is 9.53 Å². The summed E-state index contributed by atoms with van der Waals surface area (Å²) >= 11 is 0. The van der Waals surface area contributed by atoms with Crippen LogP contribution in [0.1, 0.15) is 53.4 Å². The molecule has 0 aromatic carbocycles. The molecule has 0 aliphatic heterocycles. The number of nitrogens with one attached hydrogen (secondary N) is 1. The molecular formula is C13H27NO2. The predicted molar refractivity (Wildman–Crippen MR) is 67.4 cm³/mol. The van der Waals surface area contributed by atoms with E-state index in [2.05, 4.69) is 19.2 Å². The van der Waals surface area contributed by atoms with E-state index in [0.29, 0.717) is 25.1 Å². The molecule has 0 saturated carbocycles. The second kappa shape index (κ2) is 9.64. The van der Waals surface area contributed by atoms with Gasteiger partial charge in [0, 0.05) is 6.04 Å². The number of carbonyl (C=O) groups is 1. The van der Waals surface area contributed by atoms with Gasteiger partial charge in [-0.15, -0.1) is 0 Å². The lowest BCUT2D eigenvalue weighted by atomic mass is 10.0. The third-order valence-corrected chi connectivity index (χ3v) is 2.68. The monoisotopic (exact) mass is 229 g/mol. The van der Waals surface area contributed by atoms with Gasteiger partial charge in [-0.05, 0) is 12.3 Å². The Labute approximate surface area is 99.9 Å². The first-order valence-corrected chi connectivity index (χ1v) is 6.49. The van der Waals surface area contributed by atoms with Gasteiger partial charge in [-0.25, -0.2) is 0 Å². The molecule has 0 heterocycles. The average molecular weight is 229 g/mol. The van der Waals surface area contributed by atoms with E-state index in [0.717, 1.165) is 12.8 Å². The number of hydrogen-bond acceptors (Lipinski definition) is 3. The van der Waals surface area contributed by atoms with E-state index < -0.39 is 0 Å². The Balaban J connectivity index is 3.62. The largest absolute Gasteiger partial charge is 0.464 e. The molecule has 0 aromatic heterocycles. The van der Waals surface area contributed by atoms with Crippen LogP contribution in [0.15, 0.2) is 0 Å². The van der Waals surface area contributed by atoms with Crippen molar-refractivity contribution in [2.24, 2.45) is 5.92 Å². The minimum absolute atomic E-state index is 0.136. The molecule has 96 valence electrons. The minimum Gasteiger partial charge on any atom is -0.464 e. The molecule has 16 heavy (non-hydrogen) atoms. The molecule has 0 radical (unpaired) electrons. The van der Waals surface area contributed by atoms with Gasteiger partial charge in [0.25, 0.3) is 0 Å². The first-order chi connectivity index (χ1) is 7.60. The van der Waals surface area contributed by atoms with E-state index in [4.69, 9.17) is 4.74 Å².